The van der Waals surface area contributed by atoms with E-state index in [0.29, 0.717) is 0 Å². The summed E-state index contributed by atoms with van der Waals surface area (Å²) in [7, 11) is 3.37. The summed E-state index contributed by atoms with van der Waals surface area (Å²) in [5, 5.41) is 1.19. The van der Waals surface area contributed by atoms with Crippen molar-refractivity contribution in [1.29, 1.82) is 0 Å². The van der Waals surface area contributed by atoms with Crippen LogP contribution in [-0.4, -0.2) is 19.2 Å². The molecule has 0 unspecified atom stereocenters. The molecule has 3 nitrogen and oxygen atoms in total. The van der Waals surface area contributed by atoms with Crippen LogP contribution in [0.4, 0.5) is 0 Å². The molecule has 0 saturated heterocycles. The van der Waals surface area contributed by atoms with Crippen LogP contribution in [0.2, 0.25) is 0 Å². The second kappa shape index (κ2) is 4.93. The molecule has 0 fully saturated rings. The van der Waals surface area contributed by atoms with Crippen LogP contribution in [0.15, 0.2) is 42.5 Å². The van der Waals surface area contributed by atoms with Gasteiger partial charge in [0, 0.05) is 11.1 Å². The summed E-state index contributed by atoms with van der Waals surface area (Å²) < 4.78 is 10.6. The molecule has 0 spiro atoms. The minimum atomic E-state index is 0.861. The number of hydrogen-bond acceptors (Lipinski definition) is 2. The third-order valence-corrected chi connectivity index (χ3v) is 3.65. The van der Waals surface area contributed by atoms with Crippen LogP contribution in [0.5, 0.6) is 11.5 Å². The summed E-state index contributed by atoms with van der Waals surface area (Å²) in [5.41, 5.74) is 4.52. The number of aromatic nitrogens is 1. The van der Waals surface area contributed by atoms with E-state index in [9.17, 15) is 0 Å². The average Bonchev–Trinajstić information content (AvgIpc) is 2.85. The third-order valence-electron chi connectivity index (χ3n) is 3.65. The number of aryl methyl sites for hydroxylation is 1. The summed E-state index contributed by atoms with van der Waals surface area (Å²) in [6.45, 7) is 2.12. The number of benzene rings is 2. The maximum absolute atomic E-state index is 5.42. The highest BCUT2D eigenvalue weighted by molar-refractivity contribution is 5.94. The number of hydrogen-bond donors (Lipinski definition) is 1. The first-order chi connectivity index (χ1) is 9.74. The molecular weight excluding hydrogens is 250 g/mol. The lowest BCUT2D eigenvalue weighted by Crippen LogP contribution is -1.84. The molecule has 0 aliphatic heterocycles. The van der Waals surface area contributed by atoms with Crippen LogP contribution >= 0.6 is 0 Å². The van der Waals surface area contributed by atoms with E-state index in [1.54, 1.807) is 14.2 Å². The van der Waals surface area contributed by atoms with Crippen LogP contribution in [0, 0.1) is 6.92 Å². The molecule has 102 valence electrons. The lowest BCUT2D eigenvalue weighted by molar-refractivity contribution is 0.415. The molecule has 0 aliphatic rings. The summed E-state index contributed by atoms with van der Waals surface area (Å²) in [6, 6.07) is 14.1. The third kappa shape index (κ3) is 1.92. The monoisotopic (exact) mass is 267 g/mol. The van der Waals surface area contributed by atoms with Crippen molar-refractivity contribution < 1.29 is 9.47 Å². The van der Waals surface area contributed by atoms with Gasteiger partial charge in [-0.1, -0.05) is 12.1 Å². The summed E-state index contributed by atoms with van der Waals surface area (Å²) in [5.74, 6) is 1.73. The molecule has 0 atom stereocenters. The van der Waals surface area contributed by atoms with Crippen LogP contribution in [0.25, 0.3) is 22.2 Å². The van der Waals surface area contributed by atoms with E-state index in [1.807, 2.05) is 24.3 Å². The molecule has 20 heavy (non-hydrogen) atoms. The van der Waals surface area contributed by atoms with Crippen LogP contribution < -0.4 is 9.47 Å². The average molecular weight is 267 g/mol. The first kappa shape index (κ1) is 12.6. The lowest BCUT2D eigenvalue weighted by Gasteiger charge is -2.03. The topological polar surface area (TPSA) is 34.2 Å². The van der Waals surface area contributed by atoms with Crippen molar-refractivity contribution in [3.05, 3.63) is 48.0 Å². The highest BCUT2D eigenvalue weighted by Gasteiger charge is 2.12. The van der Waals surface area contributed by atoms with Crippen molar-refractivity contribution in [2.45, 2.75) is 6.92 Å². The van der Waals surface area contributed by atoms with Gasteiger partial charge in [-0.2, -0.15) is 0 Å². The van der Waals surface area contributed by atoms with Crippen LogP contribution in [-0.2, 0) is 0 Å². The van der Waals surface area contributed by atoms with Crippen LogP contribution in [0.3, 0.4) is 0 Å². The van der Waals surface area contributed by atoms with Crippen molar-refractivity contribution in [1.82, 2.24) is 4.98 Å². The largest absolute Gasteiger partial charge is 0.497 e. The first-order valence-electron chi connectivity index (χ1n) is 6.54. The maximum Gasteiger partial charge on any atom is 0.142 e. The molecule has 0 amide bonds. The van der Waals surface area contributed by atoms with Gasteiger partial charge in [0.15, 0.2) is 0 Å². The SMILES string of the molecule is COc1ccc(-c2[nH]c3c(OC)cccc3c2C)cc1. The number of fused-ring (bicyclic) bond motifs is 1. The van der Waals surface area contributed by atoms with Crippen LogP contribution in [0.1, 0.15) is 5.56 Å². The molecule has 1 N–H and O–H groups in total. The molecule has 1 heterocycles. The summed E-state index contributed by atoms with van der Waals surface area (Å²) >= 11 is 0. The molecule has 0 bridgehead atoms. The lowest BCUT2D eigenvalue weighted by atomic mass is 10.1. The second-order valence-corrected chi connectivity index (χ2v) is 4.74. The molecule has 2 aromatic carbocycles. The van der Waals surface area contributed by atoms with E-state index in [2.05, 4.69) is 30.1 Å². The summed E-state index contributed by atoms with van der Waals surface area (Å²) in [6.07, 6.45) is 0. The Labute approximate surface area is 118 Å². The number of H-pyrrole nitrogens is 1. The Morgan fingerprint density at radius 3 is 2.30 bits per heavy atom. The zero-order valence-corrected chi connectivity index (χ0v) is 11.9. The Kier molecular flexibility index (Phi) is 3.11. The normalized spacial score (nSPS) is 10.8. The molecular formula is C17H17NO2. The molecule has 0 aliphatic carbocycles. The van der Waals surface area contributed by atoms with E-state index >= 15 is 0 Å². The maximum atomic E-state index is 5.42. The zero-order valence-electron chi connectivity index (χ0n) is 11.9. The van der Waals surface area contributed by atoms with E-state index in [0.717, 1.165) is 28.3 Å². The Morgan fingerprint density at radius 2 is 1.65 bits per heavy atom. The highest BCUT2D eigenvalue weighted by atomic mass is 16.5. The Balaban J connectivity index is 2.18. The van der Waals surface area contributed by atoms with Gasteiger partial charge in [-0.15, -0.1) is 0 Å². The number of aromatic amines is 1. The van der Waals surface area contributed by atoms with Gasteiger partial charge in [0.1, 0.15) is 11.5 Å². The van der Waals surface area contributed by atoms with Crippen molar-refractivity contribution >= 4 is 10.9 Å². The van der Waals surface area contributed by atoms with Crippen molar-refractivity contribution in [2.75, 3.05) is 14.2 Å². The second-order valence-electron chi connectivity index (χ2n) is 4.74. The number of nitrogens with one attached hydrogen (secondary N) is 1. The fourth-order valence-electron chi connectivity index (χ4n) is 2.54. The fourth-order valence-corrected chi connectivity index (χ4v) is 2.54. The van der Waals surface area contributed by atoms with Gasteiger partial charge in [0.2, 0.25) is 0 Å². The molecule has 3 aromatic rings. The smallest absolute Gasteiger partial charge is 0.142 e. The van der Waals surface area contributed by atoms with Gasteiger partial charge < -0.3 is 14.5 Å². The van der Waals surface area contributed by atoms with Gasteiger partial charge in [0.05, 0.1) is 19.7 Å². The predicted octanol–water partition coefficient (Wildman–Crippen LogP) is 4.16. The standard InChI is InChI=1S/C17H17NO2/c1-11-14-5-4-6-15(20-3)17(14)18-16(11)12-7-9-13(19-2)10-8-12/h4-10,18H,1-3H3. The molecule has 1 aromatic heterocycles. The minimum Gasteiger partial charge on any atom is -0.497 e. The number of rotatable bonds is 3. The highest BCUT2D eigenvalue weighted by Crippen LogP contribution is 2.34. The number of methoxy groups -OCH3 is 2. The van der Waals surface area contributed by atoms with Crippen molar-refractivity contribution in [2.24, 2.45) is 0 Å². The van der Waals surface area contributed by atoms with Gasteiger partial charge in [0.25, 0.3) is 0 Å². The van der Waals surface area contributed by atoms with E-state index in [1.165, 1.54) is 10.9 Å². The minimum absolute atomic E-state index is 0.861. The van der Waals surface area contributed by atoms with Crippen molar-refractivity contribution in [3.63, 3.8) is 0 Å². The molecule has 3 rings (SSSR count). The fraction of sp³-hybridized carbons (Fsp3) is 0.176. The Bertz CT molecular complexity index is 742. The van der Waals surface area contributed by atoms with Gasteiger partial charge >= 0.3 is 0 Å². The zero-order chi connectivity index (χ0) is 14.1. The van der Waals surface area contributed by atoms with E-state index in [4.69, 9.17) is 9.47 Å². The predicted molar refractivity (Wildman–Crippen MR) is 81.6 cm³/mol. The van der Waals surface area contributed by atoms with E-state index < -0.39 is 0 Å². The number of ether oxygens (including phenoxy) is 2. The van der Waals surface area contributed by atoms with Crippen molar-refractivity contribution in [3.8, 4) is 22.8 Å². The molecule has 0 radical (unpaired) electrons. The molecule has 0 saturated carbocycles. The van der Waals surface area contributed by atoms with Gasteiger partial charge in [-0.05, 0) is 48.4 Å². The molecule has 3 heteroatoms. The summed E-state index contributed by atoms with van der Waals surface area (Å²) in [4.78, 5) is 3.47. The quantitative estimate of drug-likeness (QED) is 0.773. The first-order valence-corrected chi connectivity index (χ1v) is 6.54. The Hall–Kier alpha value is -2.42. The number of para-hydroxylation sites is 1. The van der Waals surface area contributed by atoms with Gasteiger partial charge in [-0.25, -0.2) is 0 Å². The van der Waals surface area contributed by atoms with E-state index in [-0.39, 0.29) is 0 Å². The van der Waals surface area contributed by atoms with Gasteiger partial charge in [-0.3, -0.25) is 0 Å². The Morgan fingerprint density at radius 1 is 0.900 bits per heavy atom.